The zero-order valence-electron chi connectivity index (χ0n) is 14.1. The summed E-state index contributed by atoms with van der Waals surface area (Å²) in [7, 11) is 1.37. The quantitative estimate of drug-likeness (QED) is 0.853. The summed E-state index contributed by atoms with van der Waals surface area (Å²) in [6, 6.07) is 7.38. The second-order valence-electron chi connectivity index (χ2n) is 6.30. The molecule has 0 unspecified atom stereocenters. The maximum atomic E-state index is 12.6. The SMILES string of the molecule is COC(=O)N1CCN(C(=O)c2ccc(OC3CCCC3)cc2)CC1. The Labute approximate surface area is 142 Å². The van der Waals surface area contributed by atoms with Crippen LogP contribution in [-0.4, -0.2) is 61.2 Å². The molecule has 1 heterocycles. The Kier molecular flexibility index (Phi) is 5.23. The number of hydrogen-bond donors (Lipinski definition) is 0. The molecule has 1 aromatic rings. The summed E-state index contributed by atoms with van der Waals surface area (Å²) in [5.41, 5.74) is 0.653. The van der Waals surface area contributed by atoms with Crippen LogP contribution >= 0.6 is 0 Å². The Morgan fingerprint density at radius 2 is 1.54 bits per heavy atom. The van der Waals surface area contributed by atoms with Gasteiger partial charge in [0.25, 0.3) is 5.91 Å². The highest BCUT2D eigenvalue weighted by atomic mass is 16.5. The van der Waals surface area contributed by atoms with Crippen LogP contribution in [0.5, 0.6) is 5.75 Å². The number of rotatable bonds is 3. The van der Waals surface area contributed by atoms with Crippen LogP contribution in [0.2, 0.25) is 0 Å². The van der Waals surface area contributed by atoms with E-state index in [-0.39, 0.29) is 12.0 Å². The summed E-state index contributed by atoms with van der Waals surface area (Å²) in [6.45, 7) is 2.05. The summed E-state index contributed by atoms with van der Waals surface area (Å²) in [5.74, 6) is 0.820. The highest BCUT2D eigenvalue weighted by molar-refractivity contribution is 5.94. The van der Waals surface area contributed by atoms with Crippen molar-refractivity contribution in [3.8, 4) is 5.75 Å². The van der Waals surface area contributed by atoms with Gasteiger partial charge in [-0.25, -0.2) is 4.79 Å². The third kappa shape index (κ3) is 3.80. The third-order valence-corrected chi connectivity index (χ3v) is 4.71. The molecular formula is C18H24N2O4. The lowest BCUT2D eigenvalue weighted by Crippen LogP contribution is -2.50. The Hall–Kier alpha value is -2.24. The molecule has 1 aliphatic carbocycles. The van der Waals surface area contributed by atoms with Gasteiger partial charge in [0.1, 0.15) is 5.75 Å². The number of piperazine rings is 1. The third-order valence-electron chi connectivity index (χ3n) is 4.71. The summed E-state index contributed by atoms with van der Waals surface area (Å²) in [4.78, 5) is 27.4. The van der Waals surface area contributed by atoms with Crippen molar-refractivity contribution >= 4 is 12.0 Å². The van der Waals surface area contributed by atoms with Crippen molar-refractivity contribution in [2.75, 3.05) is 33.3 Å². The average molecular weight is 332 g/mol. The minimum atomic E-state index is -0.337. The molecule has 2 fully saturated rings. The molecule has 0 N–H and O–H groups in total. The minimum Gasteiger partial charge on any atom is -0.490 e. The first-order valence-electron chi connectivity index (χ1n) is 8.56. The van der Waals surface area contributed by atoms with E-state index in [4.69, 9.17) is 9.47 Å². The fraction of sp³-hybridized carbons (Fsp3) is 0.556. The number of amides is 2. The van der Waals surface area contributed by atoms with Crippen LogP contribution in [-0.2, 0) is 4.74 Å². The van der Waals surface area contributed by atoms with Crippen molar-refractivity contribution in [1.82, 2.24) is 9.80 Å². The minimum absolute atomic E-state index is 0.00747. The molecule has 3 rings (SSSR count). The van der Waals surface area contributed by atoms with Crippen LogP contribution < -0.4 is 4.74 Å². The normalized spacial score (nSPS) is 18.5. The van der Waals surface area contributed by atoms with Crippen LogP contribution in [0.3, 0.4) is 0 Å². The van der Waals surface area contributed by atoms with Crippen LogP contribution in [0.4, 0.5) is 4.79 Å². The lowest BCUT2D eigenvalue weighted by molar-refractivity contribution is 0.0599. The molecule has 0 aromatic heterocycles. The molecule has 0 radical (unpaired) electrons. The monoisotopic (exact) mass is 332 g/mol. The van der Waals surface area contributed by atoms with Crippen LogP contribution in [0, 0.1) is 0 Å². The van der Waals surface area contributed by atoms with Crippen molar-refractivity contribution in [2.45, 2.75) is 31.8 Å². The summed E-state index contributed by atoms with van der Waals surface area (Å²) < 4.78 is 10.6. The summed E-state index contributed by atoms with van der Waals surface area (Å²) >= 11 is 0. The van der Waals surface area contributed by atoms with Gasteiger partial charge < -0.3 is 19.3 Å². The van der Waals surface area contributed by atoms with E-state index in [2.05, 4.69) is 0 Å². The highest BCUT2D eigenvalue weighted by Gasteiger charge is 2.25. The van der Waals surface area contributed by atoms with Gasteiger partial charge in [-0.1, -0.05) is 0 Å². The van der Waals surface area contributed by atoms with E-state index < -0.39 is 0 Å². The zero-order valence-corrected chi connectivity index (χ0v) is 14.1. The first-order chi connectivity index (χ1) is 11.7. The van der Waals surface area contributed by atoms with Crippen molar-refractivity contribution in [1.29, 1.82) is 0 Å². The van der Waals surface area contributed by atoms with Crippen LogP contribution in [0.25, 0.3) is 0 Å². The molecule has 2 aliphatic rings. The Morgan fingerprint density at radius 1 is 0.958 bits per heavy atom. The second-order valence-corrected chi connectivity index (χ2v) is 6.30. The molecular weight excluding hydrogens is 308 g/mol. The van der Waals surface area contributed by atoms with Gasteiger partial charge >= 0.3 is 6.09 Å². The number of nitrogens with zero attached hydrogens (tertiary/aromatic N) is 2. The van der Waals surface area contributed by atoms with Crippen molar-refractivity contribution in [3.63, 3.8) is 0 Å². The van der Waals surface area contributed by atoms with E-state index in [1.54, 1.807) is 9.80 Å². The largest absolute Gasteiger partial charge is 0.490 e. The summed E-state index contributed by atoms with van der Waals surface area (Å²) in [6.07, 6.45) is 4.68. The number of carbonyl (C=O) groups excluding carboxylic acids is 2. The number of hydrogen-bond acceptors (Lipinski definition) is 4. The molecule has 2 amide bonds. The fourth-order valence-electron chi connectivity index (χ4n) is 3.28. The molecule has 1 saturated carbocycles. The van der Waals surface area contributed by atoms with E-state index in [1.165, 1.54) is 20.0 Å². The molecule has 0 atom stereocenters. The predicted molar refractivity (Wildman–Crippen MR) is 89.2 cm³/mol. The molecule has 0 spiro atoms. The molecule has 1 aromatic carbocycles. The van der Waals surface area contributed by atoms with Crippen LogP contribution in [0.15, 0.2) is 24.3 Å². The van der Waals surface area contributed by atoms with Gasteiger partial charge in [-0.2, -0.15) is 0 Å². The number of methoxy groups -OCH3 is 1. The molecule has 6 nitrogen and oxygen atoms in total. The molecule has 1 aliphatic heterocycles. The summed E-state index contributed by atoms with van der Waals surface area (Å²) in [5, 5.41) is 0. The van der Waals surface area contributed by atoms with Gasteiger partial charge in [-0.3, -0.25) is 4.79 Å². The molecule has 0 bridgehead atoms. The first-order valence-corrected chi connectivity index (χ1v) is 8.56. The van der Waals surface area contributed by atoms with E-state index in [9.17, 15) is 9.59 Å². The lowest BCUT2D eigenvalue weighted by atomic mass is 10.1. The Bertz CT molecular complexity index is 573. The Balaban J connectivity index is 1.54. The van der Waals surface area contributed by atoms with Gasteiger partial charge in [-0.05, 0) is 49.9 Å². The maximum absolute atomic E-state index is 12.6. The zero-order chi connectivity index (χ0) is 16.9. The van der Waals surface area contributed by atoms with Gasteiger partial charge in [0.15, 0.2) is 0 Å². The molecule has 6 heteroatoms. The van der Waals surface area contributed by atoms with Gasteiger partial charge in [-0.15, -0.1) is 0 Å². The second kappa shape index (κ2) is 7.55. The maximum Gasteiger partial charge on any atom is 0.409 e. The Morgan fingerprint density at radius 3 is 2.12 bits per heavy atom. The number of benzene rings is 1. The first kappa shape index (κ1) is 16.6. The van der Waals surface area contributed by atoms with Gasteiger partial charge in [0.2, 0.25) is 0 Å². The predicted octanol–water partition coefficient (Wildman–Crippen LogP) is 2.53. The van der Waals surface area contributed by atoms with Crippen LogP contribution in [0.1, 0.15) is 36.0 Å². The molecule has 130 valence electrons. The molecule has 1 saturated heterocycles. The smallest absolute Gasteiger partial charge is 0.409 e. The van der Waals surface area contributed by atoms with Gasteiger partial charge in [0.05, 0.1) is 13.2 Å². The van der Waals surface area contributed by atoms with E-state index in [0.717, 1.165) is 18.6 Å². The topological polar surface area (TPSA) is 59.1 Å². The highest BCUT2D eigenvalue weighted by Crippen LogP contribution is 2.24. The lowest BCUT2D eigenvalue weighted by Gasteiger charge is -2.33. The van der Waals surface area contributed by atoms with E-state index in [0.29, 0.717) is 37.8 Å². The van der Waals surface area contributed by atoms with E-state index in [1.807, 2.05) is 24.3 Å². The average Bonchev–Trinajstić information content (AvgIpc) is 3.14. The van der Waals surface area contributed by atoms with E-state index >= 15 is 0 Å². The number of ether oxygens (including phenoxy) is 2. The molecule has 24 heavy (non-hydrogen) atoms. The van der Waals surface area contributed by atoms with Gasteiger partial charge in [0, 0.05) is 31.7 Å². The van der Waals surface area contributed by atoms with Crippen molar-refractivity contribution in [2.24, 2.45) is 0 Å². The fourth-order valence-corrected chi connectivity index (χ4v) is 3.28. The standard InChI is InChI=1S/C18H24N2O4/c1-23-18(22)20-12-10-19(11-13-20)17(21)14-6-8-16(9-7-14)24-15-4-2-3-5-15/h6-9,15H,2-5,10-13H2,1H3. The van der Waals surface area contributed by atoms with Crippen molar-refractivity contribution < 1.29 is 19.1 Å². The number of carbonyl (C=O) groups is 2. The van der Waals surface area contributed by atoms with Crippen molar-refractivity contribution in [3.05, 3.63) is 29.8 Å².